The standard InChI is InChI=1S/C6H2F12O/c7-1(8)2(9,5(13,14)15)4(12,19)3(10,11)6(16,17)18/h1,19H. The van der Waals surface area contributed by atoms with Gasteiger partial charge in [-0.25, -0.2) is 17.6 Å². The van der Waals surface area contributed by atoms with Crippen molar-refractivity contribution in [1.29, 1.82) is 0 Å². The Morgan fingerprint density at radius 2 is 0.947 bits per heavy atom. The topological polar surface area (TPSA) is 20.2 Å². The van der Waals surface area contributed by atoms with E-state index in [1.54, 1.807) is 0 Å². The summed E-state index contributed by atoms with van der Waals surface area (Å²) in [5, 5.41) is 7.89. The Bertz CT molecular complexity index is 326. The van der Waals surface area contributed by atoms with Crippen LogP contribution in [0, 0.1) is 0 Å². The summed E-state index contributed by atoms with van der Waals surface area (Å²) in [5.74, 6) is -14.7. The van der Waals surface area contributed by atoms with Gasteiger partial charge in [-0.3, -0.25) is 0 Å². The number of halogens is 12. The average molecular weight is 318 g/mol. The molecule has 0 radical (unpaired) electrons. The van der Waals surface area contributed by atoms with Crippen LogP contribution >= 0.6 is 0 Å². The number of aliphatic hydroxyl groups is 1. The first-order valence-electron chi connectivity index (χ1n) is 3.84. The smallest absolute Gasteiger partial charge is 0.354 e. The molecule has 0 aliphatic heterocycles. The van der Waals surface area contributed by atoms with Gasteiger partial charge in [-0.2, -0.15) is 35.1 Å². The van der Waals surface area contributed by atoms with Gasteiger partial charge in [0.1, 0.15) is 0 Å². The molecule has 116 valence electrons. The monoisotopic (exact) mass is 318 g/mol. The van der Waals surface area contributed by atoms with Crippen molar-refractivity contribution >= 4 is 0 Å². The second-order valence-electron chi connectivity index (χ2n) is 3.20. The van der Waals surface area contributed by atoms with Crippen LogP contribution in [0.2, 0.25) is 0 Å². The Balaban J connectivity index is 6.13. The van der Waals surface area contributed by atoms with E-state index >= 15 is 0 Å². The van der Waals surface area contributed by atoms with Gasteiger partial charge in [0, 0.05) is 0 Å². The van der Waals surface area contributed by atoms with E-state index in [9.17, 15) is 52.7 Å². The van der Waals surface area contributed by atoms with Gasteiger partial charge in [0.15, 0.2) is 0 Å². The van der Waals surface area contributed by atoms with Gasteiger partial charge in [-0.15, -0.1) is 0 Å². The highest BCUT2D eigenvalue weighted by Gasteiger charge is 2.88. The second-order valence-corrected chi connectivity index (χ2v) is 3.20. The summed E-state index contributed by atoms with van der Waals surface area (Å²) in [6, 6.07) is 0. The summed E-state index contributed by atoms with van der Waals surface area (Å²) in [5.41, 5.74) is -7.14. The fourth-order valence-corrected chi connectivity index (χ4v) is 0.872. The first-order valence-corrected chi connectivity index (χ1v) is 3.84. The summed E-state index contributed by atoms with van der Waals surface area (Å²) in [4.78, 5) is 0. The van der Waals surface area contributed by atoms with E-state index in [1.807, 2.05) is 0 Å². The Morgan fingerprint density at radius 3 is 1.11 bits per heavy atom. The molecule has 2 unspecified atom stereocenters. The van der Waals surface area contributed by atoms with Gasteiger partial charge in [-0.1, -0.05) is 0 Å². The maximum atomic E-state index is 12.7. The lowest BCUT2D eigenvalue weighted by Gasteiger charge is -2.40. The van der Waals surface area contributed by atoms with Gasteiger partial charge < -0.3 is 5.11 Å². The summed E-state index contributed by atoms with van der Waals surface area (Å²) in [6.45, 7) is 0. The molecule has 19 heavy (non-hydrogen) atoms. The average Bonchev–Trinajstić information content (AvgIpc) is 2.11. The SMILES string of the molecule is OC(F)(C(F)(F)C(F)(F)F)C(F)(C(F)F)C(F)(F)F. The summed E-state index contributed by atoms with van der Waals surface area (Å²) >= 11 is 0. The predicted octanol–water partition coefficient (Wildman–Crippen LogP) is 3.38. The maximum absolute atomic E-state index is 12.7. The minimum Gasteiger partial charge on any atom is -0.354 e. The molecule has 0 bridgehead atoms. The molecule has 0 aliphatic rings. The number of alkyl halides is 12. The molecule has 1 N–H and O–H groups in total. The lowest BCUT2D eigenvalue weighted by molar-refractivity contribution is -0.445. The van der Waals surface area contributed by atoms with Gasteiger partial charge in [0.05, 0.1) is 0 Å². The van der Waals surface area contributed by atoms with Crippen LogP contribution in [-0.2, 0) is 0 Å². The molecule has 0 saturated heterocycles. The van der Waals surface area contributed by atoms with Gasteiger partial charge >= 0.3 is 29.8 Å². The molecule has 0 aliphatic carbocycles. The zero-order valence-electron chi connectivity index (χ0n) is 8.06. The van der Waals surface area contributed by atoms with Crippen molar-refractivity contribution < 1.29 is 57.8 Å². The third-order valence-corrected chi connectivity index (χ3v) is 1.97. The van der Waals surface area contributed by atoms with Crippen molar-refractivity contribution in [3.8, 4) is 0 Å². The molecular formula is C6H2F12O. The Hall–Kier alpha value is -0.880. The molecule has 0 aromatic rings. The lowest BCUT2D eigenvalue weighted by atomic mass is 9.90. The van der Waals surface area contributed by atoms with Crippen LogP contribution in [0.15, 0.2) is 0 Å². The number of rotatable bonds is 3. The third-order valence-electron chi connectivity index (χ3n) is 1.97. The predicted molar refractivity (Wildman–Crippen MR) is 33.0 cm³/mol. The van der Waals surface area contributed by atoms with E-state index < -0.39 is 36.2 Å². The van der Waals surface area contributed by atoms with Crippen LogP contribution in [0.4, 0.5) is 52.7 Å². The maximum Gasteiger partial charge on any atom is 0.459 e. The number of hydrogen-bond donors (Lipinski definition) is 1. The molecule has 0 amide bonds. The van der Waals surface area contributed by atoms with Crippen molar-refractivity contribution in [2.24, 2.45) is 0 Å². The first-order chi connectivity index (χ1) is 7.94. The first kappa shape index (κ1) is 18.1. The van der Waals surface area contributed by atoms with Crippen LogP contribution in [0.25, 0.3) is 0 Å². The molecule has 0 saturated carbocycles. The van der Waals surface area contributed by atoms with Crippen LogP contribution < -0.4 is 0 Å². The van der Waals surface area contributed by atoms with Gasteiger partial charge in [0.25, 0.3) is 6.43 Å². The molecule has 0 heterocycles. The van der Waals surface area contributed by atoms with Crippen molar-refractivity contribution in [1.82, 2.24) is 0 Å². The highest BCUT2D eigenvalue weighted by molar-refractivity contribution is 5.10. The molecule has 13 heteroatoms. The zero-order chi connectivity index (χ0) is 16.1. The van der Waals surface area contributed by atoms with E-state index in [1.165, 1.54) is 0 Å². The minimum atomic E-state index is -7.43. The molecule has 0 rings (SSSR count). The molecule has 1 nitrogen and oxygen atoms in total. The zero-order valence-corrected chi connectivity index (χ0v) is 8.06. The van der Waals surface area contributed by atoms with Gasteiger partial charge in [-0.05, 0) is 0 Å². The van der Waals surface area contributed by atoms with Crippen LogP contribution in [0.1, 0.15) is 0 Å². The molecular weight excluding hydrogens is 316 g/mol. The van der Waals surface area contributed by atoms with E-state index in [0.29, 0.717) is 0 Å². The van der Waals surface area contributed by atoms with E-state index in [-0.39, 0.29) is 0 Å². The largest absolute Gasteiger partial charge is 0.459 e. The Labute approximate surface area is 95.3 Å². The van der Waals surface area contributed by atoms with E-state index in [0.717, 1.165) is 0 Å². The highest BCUT2D eigenvalue weighted by Crippen LogP contribution is 2.56. The highest BCUT2D eigenvalue weighted by atomic mass is 19.4. The third kappa shape index (κ3) is 2.31. The summed E-state index contributed by atoms with van der Waals surface area (Å²) < 4.78 is 144. The Kier molecular flexibility index (Phi) is 4.11. The quantitative estimate of drug-likeness (QED) is 0.791. The summed E-state index contributed by atoms with van der Waals surface area (Å²) in [6.07, 6.45) is -20.2. The molecule has 2 atom stereocenters. The van der Waals surface area contributed by atoms with Crippen LogP contribution in [0.3, 0.4) is 0 Å². The van der Waals surface area contributed by atoms with Crippen molar-refractivity contribution in [3.05, 3.63) is 0 Å². The minimum absolute atomic E-state index is 5.74. The number of hydrogen-bond acceptors (Lipinski definition) is 1. The lowest BCUT2D eigenvalue weighted by Crippen LogP contribution is -2.72. The molecule has 0 aromatic carbocycles. The molecule has 0 fully saturated rings. The van der Waals surface area contributed by atoms with Crippen molar-refractivity contribution in [2.75, 3.05) is 0 Å². The van der Waals surface area contributed by atoms with Crippen LogP contribution in [-0.4, -0.2) is 41.3 Å². The normalized spacial score (nSPS) is 21.2. The molecule has 0 aromatic heterocycles. The van der Waals surface area contributed by atoms with E-state index in [2.05, 4.69) is 0 Å². The molecule has 0 spiro atoms. The van der Waals surface area contributed by atoms with Crippen LogP contribution in [0.5, 0.6) is 0 Å². The Morgan fingerprint density at radius 1 is 0.632 bits per heavy atom. The summed E-state index contributed by atoms with van der Waals surface area (Å²) in [7, 11) is 0. The fraction of sp³-hybridized carbons (Fsp3) is 1.00. The van der Waals surface area contributed by atoms with E-state index in [4.69, 9.17) is 5.11 Å². The fourth-order valence-electron chi connectivity index (χ4n) is 0.872. The van der Waals surface area contributed by atoms with Crippen molar-refractivity contribution in [2.45, 2.75) is 36.2 Å². The van der Waals surface area contributed by atoms with Crippen molar-refractivity contribution in [3.63, 3.8) is 0 Å². The van der Waals surface area contributed by atoms with Gasteiger partial charge in [0.2, 0.25) is 0 Å². The second kappa shape index (κ2) is 4.31.